The molecule has 0 aliphatic rings. The van der Waals surface area contributed by atoms with Crippen molar-refractivity contribution in [2.45, 2.75) is 37.6 Å². The summed E-state index contributed by atoms with van der Waals surface area (Å²) >= 11 is 0. The van der Waals surface area contributed by atoms with E-state index in [1.54, 1.807) is 26.2 Å². The summed E-state index contributed by atoms with van der Waals surface area (Å²) < 4.78 is 25.2. The van der Waals surface area contributed by atoms with Gasteiger partial charge < -0.3 is 5.32 Å². The van der Waals surface area contributed by atoms with Crippen molar-refractivity contribution in [3.05, 3.63) is 29.8 Å². The number of sulfonamides is 1. The van der Waals surface area contributed by atoms with E-state index in [9.17, 15) is 8.42 Å². The first kappa shape index (κ1) is 17.1. The molecule has 114 valence electrons. The lowest BCUT2D eigenvalue weighted by Gasteiger charge is -2.18. The third kappa shape index (κ3) is 4.58. The van der Waals surface area contributed by atoms with Gasteiger partial charge in [-0.15, -0.1) is 0 Å². The first-order chi connectivity index (χ1) is 9.27. The maximum atomic E-state index is 12.0. The van der Waals surface area contributed by atoms with Crippen molar-refractivity contribution >= 4 is 10.0 Å². The predicted octanol–water partition coefficient (Wildman–Crippen LogP) is 2.11. The minimum absolute atomic E-state index is 0.344. The van der Waals surface area contributed by atoms with E-state index in [-0.39, 0.29) is 0 Å². The number of rotatable bonds is 7. The van der Waals surface area contributed by atoms with Gasteiger partial charge >= 0.3 is 0 Å². The molecule has 0 heterocycles. The van der Waals surface area contributed by atoms with Crippen LogP contribution in [-0.4, -0.2) is 39.9 Å². The van der Waals surface area contributed by atoms with Gasteiger partial charge in [0.2, 0.25) is 10.0 Å². The molecule has 0 fully saturated rings. The Labute approximate surface area is 123 Å². The van der Waals surface area contributed by atoms with Gasteiger partial charge in [0.15, 0.2) is 0 Å². The summed E-state index contributed by atoms with van der Waals surface area (Å²) in [4.78, 5) is 0.344. The Balaban J connectivity index is 2.81. The van der Waals surface area contributed by atoms with Crippen LogP contribution in [0.15, 0.2) is 29.2 Å². The van der Waals surface area contributed by atoms with Gasteiger partial charge in [0, 0.05) is 20.1 Å². The number of likely N-dealkylation sites (N-methyl/N-ethyl adjacent to an activating group) is 1. The summed E-state index contributed by atoms with van der Waals surface area (Å²) in [7, 11) is 1.73. The molecule has 1 atom stereocenters. The molecule has 0 aliphatic carbocycles. The normalized spacial score (nSPS) is 13.9. The van der Waals surface area contributed by atoms with Crippen LogP contribution in [0.25, 0.3) is 0 Å². The summed E-state index contributed by atoms with van der Waals surface area (Å²) in [5.74, 6) is 0.640. The molecule has 0 amide bonds. The average molecular weight is 298 g/mol. The molecule has 20 heavy (non-hydrogen) atoms. The molecule has 0 bridgehead atoms. The first-order valence-electron chi connectivity index (χ1n) is 6.96. The average Bonchev–Trinajstić information content (AvgIpc) is 2.37. The van der Waals surface area contributed by atoms with E-state index in [2.05, 4.69) is 19.2 Å². The van der Waals surface area contributed by atoms with Crippen molar-refractivity contribution in [2.24, 2.45) is 5.92 Å². The van der Waals surface area contributed by atoms with Crippen molar-refractivity contribution in [3.8, 4) is 0 Å². The highest BCUT2D eigenvalue weighted by Crippen LogP contribution is 2.16. The van der Waals surface area contributed by atoms with Crippen molar-refractivity contribution in [1.29, 1.82) is 0 Å². The van der Waals surface area contributed by atoms with Crippen LogP contribution in [0.2, 0.25) is 0 Å². The Morgan fingerprint density at radius 3 is 2.10 bits per heavy atom. The molecule has 1 rings (SSSR count). The lowest BCUT2D eigenvalue weighted by atomic mass is 9.97. The Hall–Kier alpha value is -0.910. The van der Waals surface area contributed by atoms with E-state index >= 15 is 0 Å². The lowest BCUT2D eigenvalue weighted by Crippen LogP contribution is -2.29. The van der Waals surface area contributed by atoms with Crippen LogP contribution in [0.1, 0.15) is 25.8 Å². The van der Waals surface area contributed by atoms with Crippen LogP contribution >= 0.6 is 0 Å². The van der Waals surface area contributed by atoms with Crippen molar-refractivity contribution in [2.75, 3.05) is 21.1 Å². The van der Waals surface area contributed by atoms with Gasteiger partial charge in [0.1, 0.15) is 0 Å². The molecule has 0 radical (unpaired) electrons. The van der Waals surface area contributed by atoms with Gasteiger partial charge in [-0.2, -0.15) is 0 Å². The largest absolute Gasteiger partial charge is 0.317 e. The molecule has 1 N–H and O–H groups in total. The summed E-state index contributed by atoms with van der Waals surface area (Å²) in [6.07, 6.45) is 2.02. The van der Waals surface area contributed by atoms with Crippen LogP contribution in [0.5, 0.6) is 0 Å². The molecule has 4 nitrogen and oxygen atoms in total. The zero-order valence-corrected chi connectivity index (χ0v) is 13.9. The van der Waals surface area contributed by atoms with Crippen LogP contribution < -0.4 is 5.32 Å². The molecule has 0 spiro atoms. The number of nitrogens with zero attached hydrogens (tertiary/aromatic N) is 1. The minimum Gasteiger partial charge on any atom is -0.317 e. The third-order valence-electron chi connectivity index (χ3n) is 3.35. The fourth-order valence-electron chi connectivity index (χ4n) is 2.17. The second-order valence-electron chi connectivity index (χ2n) is 5.75. The van der Waals surface area contributed by atoms with Gasteiger partial charge in [-0.3, -0.25) is 0 Å². The standard InChI is InChI=1S/C15H26N2O2S/c1-12(2)10-14(16-3)11-13-6-8-15(9-7-13)20(18,19)17(4)5/h6-9,12,14,16H,10-11H2,1-5H3. The zero-order valence-electron chi connectivity index (χ0n) is 13.1. The Kier molecular flexibility index (Phi) is 6.17. The quantitative estimate of drug-likeness (QED) is 0.839. The Morgan fingerprint density at radius 1 is 1.15 bits per heavy atom. The molecule has 1 aromatic rings. The van der Waals surface area contributed by atoms with Gasteiger partial charge in [0.25, 0.3) is 0 Å². The predicted molar refractivity (Wildman–Crippen MR) is 83.3 cm³/mol. The summed E-state index contributed by atoms with van der Waals surface area (Å²) in [6.45, 7) is 4.41. The van der Waals surface area contributed by atoms with E-state index in [1.165, 1.54) is 4.31 Å². The monoisotopic (exact) mass is 298 g/mol. The highest BCUT2D eigenvalue weighted by Gasteiger charge is 2.17. The molecular formula is C15H26N2O2S. The van der Waals surface area contributed by atoms with E-state index in [4.69, 9.17) is 0 Å². The van der Waals surface area contributed by atoms with Crippen LogP contribution in [0, 0.1) is 5.92 Å². The highest BCUT2D eigenvalue weighted by atomic mass is 32.2. The molecule has 0 saturated carbocycles. The van der Waals surface area contributed by atoms with Gasteiger partial charge in [-0.05, 0) is 43.5 Å². The molecule has 1 unspecified atom stereocenters. The summed E-state index contributed by atoms with van der Waals surface area (Å²) in [6, 6.07) is 7.60. The molecule has 5 heteroatoms. The third-order valence-corrected chi connectivity index (χ3v) is 5.18. The van der Waals surface area contributed by atoms with Gasteiger partial charge in [-0.25, -0.2) is 12.7 Å². The smallest absolute Gasteiger partial charge is 0.242 e. The number of nitrogens with one attached hydrogen (secondary N) is 1. The van der Waals surface area contributed by atoms with Crippen molar-refractivity contribution in [1.82, 2.24) is 9.62 Å². The Morgan fingerprint density at radius 2 is 1.70 bits per heavy atom. The van der Waals surface area contributed by atoms with E-state index < -0.39 is 10.0 Å². The van der Waals surface area contributed by atoms with E-state index in [0.29, 0.717) is 16.9 Å². The van der Waals surface area contributed by atoms with Gasteiger partial charge in [0.05, 0.1) is 4.90 Å². The topological polar surface area (TPSA) is 49.4 Å². The maximum absolute atomic E-state index is 12.0. The number of hydrogen-bond acceptors (Lipinski definition) is 3. The first-order valence-corrected chi connectivity index (χ1v) is 8.40. The van der Waals surface area contributed by atoms with Crippen LogP contribution in [0.3, 0.4) is 0 Å². The summed E-state index contributed by atoms with van der Waals surface area (Å²) in [5, 5.41) is 3.32. The summed E-state index contributed by atoms with van der Waals surface area (Å²) in [5.41, 5.74) is 1.16. The molecule has 1 aromatic carbocycles. The van der Waals surface area contributed by atoms with Crippen LogP contribution in [0.4, 0.5) is 0 Å². The Bertz CT molecular complexity index is 507. The van der Waals surface area contributed by atoms with Crippen LogP contribution in [-0.2, 0) is 16.4 Å². The van der Waals surface area contributed by atoms with E-state index in [0.717, 1.165) is 18.4 Å². The molecule has 0 saturated heterocycles. The van der Waals surface area contributed by atoms with Crippen molar-refractivity contribution in [3.63, 3.8) is 0 Å². The van der Waals surface area contributed by atoms with Gasteiger partial charge in [-0.1, -0.05) is 26.0 Å². The zero-order chi connectivity index (χ0) is 15.3. The second-order valence-corrected chi connectivity index (χ2v) is 7.90. The molecular weight excluding hydrogens is 272 g/mol. The fraction of sp³-hybridized carbons (Fsp3) is 0.600. The van der Waals surface area contributed by atoms with Crippen molar-refractivity contribution < 1.29 is 8.42 Å². The lowest BCUT2D eigenvalue weighted by molar-refractivity contribution is 0.441. The second kappa shape index (κ2) is 7.20. The minimum atomic E-state index is -3.33. The molecule has 0 aliphatic heterocycles. The SMILES string of the molecule is CNC(Cc1ccc(S(=O)(=O)N(C)C)cc1)CC(C)C. The van der Waals surface area contributed by atoms with E-state index in [1.807, 2.05) is 19.2 Å². The fourth-order valence-corrected chi connectivity index (χ4v) is 3.07. The maximum Gasteiger partial charge on any atom is 0.242 e. The number of hydrogen-bond donors (Lipinski definition) is 1. The number of benzene rings is 1. The molecule has 0 aromatic heterocycles. The highest BCUT2D eigenvalue weighted by molar-refractivity contribution is 7.89.